The molecular weight excluding hydrogens is 306 g/mol. The van der Waals surface area contributed by atoms with E-state index in [9.17, 15) is 9.59 Å². The van der Waals surface area contributed by atoms with Crippen molar-refractivity contribution in [2.24, 2.45) is 0 Å². The highest BCUT2D eigenvalue weighted by atomic mass is 35.5. The van der Waals surface area contributed by atoms with E-state index in [0.29, 0.717) is 24.5 Å². The van der Waals surface area contributed by atoms with Gasteiger partial charge in [-0.2, -0.15) is 5.26 Å². The number of nitrogens with zero attached hydrogens (tertiary/aromatic N) is 1. The topological polar surface area (TPSA) is 120 Å². The van der Waals surface area contributed by atoms with Crippen molar-refractivity contribution in [1.82, 2.24) is 10.6 Å². The van der Waals surface area contributed by atoms with E-state index in [4.69, 9.17) is 22.6 Å². The molecule has 116 valence electrons. The molecule has 1 rings (SSSR count). The first kappa shape index (κ1) is 17.3. The fourth-order valence-corrected chi connectivity index (χ4v) is 1.69. The molecule has 7 nitrogen and oxygen atoms in total. The van der Waals surface area contributed by atoms with E-state index in [-0.39, 0.29) is 16.5 Å². The average Bonchev–Trinajstić information content (AvgIpc) is 2.45. The Morgan fingerprint density at radius 2 is 2.14 bits per heavy atom. The Bertz CT molecular complexity index is 637. The van der Waals surface area contributed by atoms with Gasteiger partial charge in [0, 0.05) is 31.9 Å². The van der Waals surface area contributed by atoms with Crippen molar-refractivity contribution in [3.05, 3.63) is 35.0 Å². The monoisotopic (exact) mass is 321 g/mol. The number of hydrogen-bond acceptors (Lipinski definition) is 5. The number of nitrogen functional groups attached to an aromatic ring is 1. The molecule has 8 heteroatoms. The highest BCUT2D eigenvalue weighted by Crippen LogP contribution is 2.24. The Hall–Kier alpha value is -2.72. The Kier molecular flexibility index (Phi) is 6.73. The summed E-state index contributed by atoms with van der Waals surface area (Å²) in [5.41, 5.74) is 6.28. The van der Waals surface area contributed by atoms with E-state index < -0.39 is 5.91 Å². The SMILES string of the molecule is CC(=O)NCCN/C=C(/C#N)C(=O)Nc1ccc(N)cc1Cl. The Morgan fingerprint density at radius 1 is 1.41 bits per heavy atom. The number of amides is 2. The molecular formula is C14H16ClN5O2. The molecule has 0 aromatic heterocycles. The number of carbonyl (C=O) groups excluding carboxylic acids is 2. The molecule has 0 saturated carbocycles. The molecule has 1 aromatic rings. The predicted octanol–water partition coefficient (Wildman–Crippen LogP) is 0.994. The van der Waals surface area contributed by atoms with Gasteiger partial charge in [-0.25, -0.2) is 0 Å². The number of anilines is 2. The Morgan fingerprint density at radius 3 is 2.73 bits per heavy atom. The predicted molar refractivity (Wildman–Crippen MR) is 84.9 cm³/mol. The maximum absolute atomic E-state index is 12.0. The van der Waals surface area contributed by atoms with Crippen LogP contribution in [0.5, 0.6) is 0 Å². The van der Waals surface area contributed by atoms with Gasteiger partial charge in [0.15, 0.2) is 0 Å². The van der Waals surface area contributed by atoms with Crippen molar-refractivity contribution in [1.29, 1.82) is 5.26 Å². The lowest BCUT2D eigenvalue weighted by Gasteiger charge is -2.07. The first-order valence-corrected chi connectivity index (χ1v) is 6.76. The van der Waals surface area contributed by atoms with Crippen LogP contribution < -0.4 is 21.7 Å². The largest absolute Gasteiger partial charge is 0.399 e. The summed E-state index contributed by atoms with van der Waals surface area (Å²) in [6, 6.07) is 6.42. The maximum atomic E-state index is 12.0. The number of rotatable bonds is 6. The third-order valence-electron chi connectivity index (χ3n) is 2.50. The minimum Gasteiger partial charge on any atom is -0.399 e. The first-order valence-electron chi connectivity index (χ1n) is 6.38. The average molecular weight is 322 g/mol. The Labute approximate surface area is 133 Å². The molecule has 0 spiro atoms. The molecule has 1 aromatic carbocycles. The summed E-state index contributed by atoms with van der Waals surface area (Å²) in [4.78, 5) is 22.6. The highest BCUT2D eigenvalue weighted by molar-refractivity contribution is 6.34. The van der Waals surface area contributed by atoms with Crippen LogP contribution in [0.15, 0.2) is 30.0 Å². The fourth-order valence-electron chi connectivity index (χ4n) is 1.46. The molecule has 0 aliphatic heterocycles. The number of carbonyl (C=O) groups is 2. The maximum Gasteiger partial charge on any atom is 0.267 e. The molecule has 5 N–H and O–H groups in total. The number of hydrogen-bond donors (Lipinski definition) is 4. The van der Waals surface area contributed by atoms with Crippen LogP contribution in [0.3, 0.4) is 0 Å². The van der Waals surface area contributed by atoms with Gasteiger partial charge < -0.3 is 21.7 Å². The van der Waals surface area contributed by atoms with E-state index in [2.05, 4.69) is 16.0 Å². The van der Waals surface area contributed by atoms with Crippen molar-refractivity contribution in [3.8, 4) is 6.07 Å². The minimum atomic E-state index is -0.596. The molecule has 0 heterocycles. The second-order valence-electron chi connectivity index (χ2n) is 4.30. The van der Waals surface area contributed by atoms with Gasteiger partial charge in [0.2, 0.25) is 5.91 Å². The number of nitriles is 1. The highest BCUT2D eigenvalue weighted by Gasteiger charge is 2.11. The van der Waals surface area contributed by atoms with Crippen LogP contribution >= 0.6 is 11.6 Å². The number of halogens is 1. The summed E-state index contributed by atoms with van der Waals surface area (Å²) in [6.07, 6.45) is 1.28. The summed E-state index contributed by atoms with van der Waals surface area (Å²) < 4.78 is 0. The second-order valence-corrected chi connectivity index (χ2v) is 4.71. The smallest absolute Gasteiger partial charge is 0.267 e. The molecule has 0 unspecified atom stereocenters. The standard InChI is InChI=1S/C14H16ClN5O2/c1-9(21)19-5-4-18-8-10(7-16)14(22)20-13-3-2-11(17)6-12(13)15/h2-3,6,8,18H,4-5,17H2,1H3,(H,19,21)(H,20,22)/b10-8-. The molecule has 0 radical (unpaired) electrons. The molecule has 2 amide bonds. The molecule has 0 aliphatic carbocycles. The van der Waals surface area contributed by atoms with Gasteiger partial charge in [-0.05, 0) is 18.2 Å². The normalized spacial score (nSPS) is 10.5. The Balaban J connectivity index is 2.60. The van der Waals surface area contributed by atoms with Crippen molar-refractivity contribution < 1.29 is 9.59 Å². The number of nitrogens with one attached hydrogen (secondary N) is 3. The minimum absolute atomic E-state index is 0.115. The zero-order valence-corrected chi connectivity index (χ0v) is 12.7. The van der Waals surface area contributed by atoms with Gasteiger partial charge in [0.25, 0.3) is 5.91 Å². The van der Waals surface area contributed by atoms with Crippen LogP contribution in [0.1, 0.15) is 6.92 Å². The molecule has 0 saturated heterocycles. The van der Waals surface area contributed by atoms with Gasteiger partial charge >= 0.3 is 0 Å². The van der Waals surface area contributed by atoms with Crippen LogP contribution in [0.2, 0.25) is 5.02 Å². The summed E-state index contributed by atoms with van der Waals surface area (Å²) in [6.45, 7) is 2.18. The van der Waals surface area contributed by atoms with Crippen LogP contribution in [-0.4, -0.2) is 24.9 Å². The zero-order chi connectivity index (χ0) is 16.5. The summed E-state index contributed by atoms with van der Waals surface area (Å²) in [7, 11) is 0. The van der Waals surface area contributed by atoms with Gasteiger partial charge in [0.1, 0.15) is 11.6 Å². The lowest BCUT2D eigenvalue weighted by molar-refractivity contribution is -0.119. The molecule has 0 fully saturated rings. The van der Waals surface area contributed by atoms with Crippen molar-refractivity contribution in [2.75, 3.05) is 24.1 Å². The van der Waals surface area contributed by atoms with Gasteiger partial charge in [-0.1, -0.05) is 11.6 Å². The molecule has 22 heavy (non-hydrogen) atoms. The van der Waals surface area contributed by atoms with Crippen molar-refractivity contribution >= 4 is 34.8 Å². The van der Waals surface area contributed by atoms with E-state index in [1.165, 1.54) is 19.2 Å². The second kappa shape index (κ2) is 8.54. The van der Waals surface area contributed by atoms with Gasteiger partial charge in [-0.3, -0.25) is 9.59 Å². The molecule has 0 atom stereocenters. The van der Waals surface area contributed by atoms with Crippen molar-refractivity contribution in [3.63, 3.8) is 0 Å². The van der Waals surface area contributed by atoms with E-state index in [1.807, 2.05) is 0 Å². The fraction of sp³-hybridized carbons (Fsp3) is 0.214. The van der Waals surface area contributed by atoms with E-state index in [1.54, 1.807) is 18.2 Å². The summed E-state index contributed by atoms with van der Waals surface area (Å²) >= 11 is 5.94. The third-order valence-corrected chi connectivity index (χ3v) is 2.81. The number of nitrogens with two attached hydrogens (primary N) is 1. The lowest BCUT2D eigenvalue weighted by atomic mass is 10.2. The first-order chi connectivity index (χ1) is 10.4. The van der Waals surface area contributed by atoms with Crippen LogP contribution in [0.25, 0.3) is 0 Å². The van der Waals surface area contributed by atoms with Crippen molar-refractivity contribution in [2.45, 2.75) is 6.92 Å². The van der Waals surface area contributed by atoms with Crippen LogP contribution in [0.4, 0.5) is 11.4 Å². The van der Waals surface area contributed by atoms with E-state index >= 15 is 0 Å². The van der Waals surface area contributed by atoms with Crippen LogP contribution in [0, 0.1) is 11.3 Å². The lowest BCUT2D eigenvalue weighted by Crippen LogP contribution is -2.28. The zero-order valence-electron chi connectivity index (χ0n) is 11.9. The number of benzene rings is 1. The summed E-state index contributed by atoms with van der Waals surface area (Å²) in [5.74, 6) is -0.747. The quantitative estimate of drug-likeness (QED) is 0.269. The van der Waals surface area contributed by atoms with Crippen LogP contribution in [-0.2, 0) is 9.59 Å². The molecule has 0 bridgehead atoms. The van der Waals surface area contributed by atoms with Gasteiger partial charge in [0.05, 0.1) is 10.7 Å². The van der Waals surface area contributed by atoms with E-state index in [0.717, 1.165) is 0 Å². The molecule has 0 aliphatic rings. The summed E-state index contributed by atoms with van der Waals surface area (Å²) in [5, 5.41) is 17.1. The van der Waals surface area contributed by atoms with Gasteiger partial charge in [-0.15, -0.1) is 0 Å². The third kappa shape index (κ3) is 5.73.